The molecule has 0 amide bonds. The first-order valence-corrected chi connectivity index (χ1v) is 46.2. The average Bonchev–Trinajstić information content (AvgIpc) is 1.55. The van der Waals surface area contributed by atoms with Crippen molar-refractivity contribution < 1.29 is 0 Å². The highest BCUT2D eigenvalue weighted by atomic mass is 32.1. The zero-order valence-electron chi connectivity index (χ0n) is 71.9. The van der Waals surface area contributed by atoms with E-state index in [1.807, 2.05) is 11.3 Å². The summed E-state index contributed by atoms with van der Waals surface area (Å²) in [6, 6.07) is 178. The van der Waals surface area contributed by atoms with Gasteiger partial charge in [-0.15, -0.1) is 11.3 Å². The Morgan fingerprint density at radius 1 is 0.136 bits per heavy atom. The number of nitrogens with zero attached hydrogens (tertiary/aromatic N) is 5. The van der Waals surface area contributed by atoms with Gasteiger partial charge in [-0.3, -0.25) is 0 Å². The van der Waals surface area contributed by atoms with E-state index in [0.717, 1.165) is 17.1 Å². The Bertz CT molecular complexity index is 9320. The minimum atomic E-state index is 1.16. The molecule has 6 aromatic heterocycles. The van der Waals surface area contributed by atoms with E-state index in [-0.39, 0.29) is 0 Å². The lowest BCUT2D eigenvalue weighted by Gasteiger charge is -2.12. The molecule has 28 rings (SSSR count). The van der Waals surface area contributed by atoms with Crippen LogP contribution in [-0.4, -0.2) is 22.8 Å². The van der Waals surface area contributed by atoms with Crippen LogP contribution in [0.4, 0.5) is 0 Å². The molecular weight excluding hydrogens is 1620 g/mol. The molecule has 0 saturated heterocycles. The van der Waals surface area contributed by atoms with E-state index in [1.165, 1.54) is 229 Å². The Labute approximate surface area is 765 Å². The molecule has 0 radical (unpaired) electrons. The van der Waals surface area contributed by atoms with Crippen LogP contribution in [0.5, 0.6) is 0 Å². The summed E-state index contributed by atoms with van der Waals surface area (Å²) in [7, 11) is 0. The third-order valence-corrected chi connectivity index (χ3v) is 28.5. The number of hydrogen-bond acceptors (Lipinski definition) is 1. The van der Waals surface area contributed by atoms with Crippen LogP contribution in [0, 0.1) is 0 Å². The number of rotatable bonds is 10. The molecule has 0 N–H and O–H groups in total. The van der Waals surface area contributed by atoms with Gasteiger partial charge < -0.3 is 22.8 Å². The van der Waals surface area contributed by atoms with E-state index >= 15 is 0 Å². The third kappa shape index (κ3) is 12.4. The molecule has 0 fully saturated rings. The molecule has 0 unspecified atom stereocenters. The topological polar surface area (TPSA) is 24.6 Å². The largest absolute Gasteiger partial charge is 0.309 e. The molecule has 616 valence electrons. The zero-order chi connectivity index (χ0) is 86.9. The predicted molar refractivity (Wildman–Crippen MR) is 564 cm³/mol. The van der Waals surface area contributed by atoms with Crippen molar-refractivity contribution in [3.63, 3.8) is 0 Å². The van der Waals surface area contributed by atoms with Gasteiger partial charge in [-0.25, -0.2) is 0 Å². The maximum atomic E-state index is 2.46. The lowest BCUT2D eigenvalue weighted by molar-refractivity contribution is 1.17. The lowest BCUT2D eigenvalue weighted by atomic mass is 9.92. The van der Waals surface area contributed by atoms with E-state index in [0.29, 0.717) is 0 Å². The highest BCUT2D eigenvalue weighted by Gasteiger charge is 2.26. The minimum Gasteiger partial charge on any atom is -0.309 e. The summed E-state index contributed by atoms with van der Waals surface area (Å²) < 4.78 is 14.8. The van der Waals surface area contributed by atoms with Gasteiger partial charge >= 0.3 is 0 Å². The Morgan fingerprint density at radius 2 is 0.402 bits per heavy atom. The summed E-state index contributed by atoms with van der Waals surface area (Å²) in [5, 5.41) is 23.2. The van der Waals surface area contributed by atoms with E-state index in [4.69, 9.17) is 0 Å². The Hall–Kier alpha value is -17.2. The molecule has 0 bridgehead atoms. The fraction of sp³-hybridized carbons (Fsp3) is 0. The first-order chi connectivity index (χ1) is 65.5. The average molecular weight is 1700 g/mol. The lowest BCUT2D eigenvalue weighted by Crippen LogP contribution is -1.95. The normalized spacial score (nSPS) is 11.8. The highest BCUT2D eigenvalue weighted by molar-refractivity contribution is 7.26. The number of fused-ring (bicyclic) bond motifs is 26. The van der Waals surface area contributed by atoms with Gasteiger partial charge in [-0.1, -0.05) is 382 Å². The van der Waals surface area contributed by atoms with Gasteiger partial charge in [0.15, 0.2) is 0 Å². The molecule has 28 aromatic rings. The molecule has 0 spiro atoms. The molecule has 0 aliphatic carbocycles. The van der Waals surface area contributed by atoms with Crippen molar-refractivity contribution in [3.8, 4) is 84.1 Å². The van der Waals surface area contributed by atoms with Crippen LogP contribution in [0.2, 0.25) is 0 Å². The first-order valence-electron chi connectivity index (χ1n) is 45.4. The van der Waals surface area contributed by atoms with Crippen molar-refractivity contribution in [2.75, 3.05) is 0 Å². The van der Waals surface area contributed by atoms with Gasteiger partial charge in [0.2, 0.25) is 0 Å². The van der Waals surface area contributed by atoms with Crippen LogP contribution >= 0.6 is 11.3 Å². The summed E-state index contributed by atoms with van der Waals surface area (Å²) in [5.74, 6) is 0. The van der Waals surface area contributed by atoms with Crippen molar-refractivity contribution in [2.24, 2.45) is 0 Å². The van der Waals surface area contributed by atoms with Gasteiger partial charge in [-0.05, 0) is 197 Å². The van der Waals surface area contributed by atoms with Gasteiger partial charge in [0.25, 0.3) is 0 Å². The van der Waals surface area contributed by atoms with Crippen molar-refractivity contribution in [1.82, 2.24) is 22.8 Å². The molecule has 0 aliphatic heterocycles. The fourth-order valence-electron chi connectivity index (χ4n) is 21.3. The number of benzene rings is 22. The van der Waals surface area contributed by atoms with Gasteiger partial charge in [0.05, 0.1) is 65.6 Å². The molecule has 0 saturated carbocycles. The molecule has 132 heavy (non-hydrogen) atoms. The molecular formula is C126H81N5S. The number of para-hydroxylation sites is 7. The maximum Gasteiger partial charge on any atom is 0.0641 e. The predicted octanol–water partition coefficient (Wildman–Crippen LogP) is 34.7. The fourth-order valence-corrected chi connectivity index (χ4v) is 22.6. The smallest absolute Gasteiger partial charge is 0.0641 e. The monoisotopic (exact) mass is 1700 g/mol. The second-order valence-corrected chi connectivity index (χ2v) is 35.5. The molecule has 5 nitrogen and oxygen atoms in total. The first kappa shape index (κ1) is 76.1. The van der Waals surface area contributed by atoms with Gasteiger partial charge in [0.1, 0.15) is 0 Å². The summed E-state index contributed by atoms with van der Waals surface area (Å²) in [6.45, 7) is 0. The van der Waals surface area contributed by atoms with E-state index in [1.54, 1.807) is 0 Å². The van der Waals surface area contributed by atoms with Crippen LogP contribution < -0.4 is 0 Å². The van der Waals surface area contributed by atoms with Crippen LogP contribution in [0.1, 0.15) is 0 Å². The van der Waals surface area contributed by atoms with Crippen molar-refractivity contribution in [1.29, 1.82) is 0 Å². The standard InChI is InChI=1S/2C42H28N2.C42H25NS/c1-3-11-29(12-4-1)31-19-23-33(24-20-31)43-39-18-10-8-16-37(39)41-40(43)28-27-36-35-15-7-9-17-38(35)44(42(36)41)34-25-21-32(22-26-34)30-13-5-2-6-14-30;1-3-11-29(12-4-1)30-19-21-31(22-20-30)32-23-25-34(26-24-32)44-38-17-9-7-15-35(38)36-27-28-40-41(42(36)44)37-16-8-10-18-39(37)43(40)33-13-5-2-6-14-33;1-2-13-30-28(11-1)29-12-3-4-14-31(29)37-25-26(23-24-32(30)37)27-17-9-18-35-36-19-10-22-40(42(36)44-41(27)35)43-38-20-7-5-15-33(38)34-16-6-8-21-39(34)43/h2*1-28H;1-25H. The summed E-state index contributed by atoms with van der Waals surface area (Å²) in [5.41, 5.74) is 30.5. The zero-order valence-corrected chi connectivity index (χ0v) is 72.7. The van der Waals surface area contributed by atoms with Crippen molar-refractivity contribution >= 4 is 173 Å². The number of hydrogen-bond donors (Lipinski definition) is 0. The van der Waals surface area contributed by atoms with Gasteiger partial charge in [0, 0.05) is 92.1 Å². The van der Waals surface area contributed by atoms with Crippen LogP contribution in [0.25, 0.3) is 246 Å². The summed E-state index contributed by atoms with van der Waals surface area (Å²) >= 11 is 1.92. The maximum absolute atomic E-state index is 2.46. The van der Waals surface area contributed by atoms with Crippen LogP contribution in [0.15, 0.2) is 491 Å². The second-order valence-electron chi connectivity index (χ2n) is 34.4. The molecule has 22 aromatic carbocycles. The van der Waals surface area contributed by atoms with Crippen molar-refractivity contribution in [2.45, 2.75) is 0 Å². The minimum absolute atomic E-state index is 1.16. The molecule has 6 heterocycles. The Morgan fingerprint density at radius 3 is 0.811 bits per heavy atom. The summed E-state index contributed by atoms with van der Waals surface area (Å²) in [6.07, 6.45) is 0. The SMILES string of the molecule is c1cc(-c2ccc3c4ccccc4c4ccccc4c3c2)c2sc3c(-n4c5ccccc5c5ccccc54)cccc3c2c1.c1ccc(-c2ccc(-c3ccc(-n4c5ccccc5c5ccc6c(c7ccccc7n6-c6ccccc6)c54)cc3)cc2)cc1.c1ccc(-c2ccc(-n3c4ccccc4c4c3ccc3c5ccccc5n(-c5ccc(-c6ccccc6)cc5)c34)cc2)cc1. The third-order valence-electron chi connectivity index (χ3n) is 27.2. The molecule has 0 aliphatic rings. The Balaban J connectivity index is 0.000000104. The van der Waals surface area contributed by atoms with Crippen molar-refractivity contribution in [3.05, 3.63) is 491 Å². The number of thiophene rings is 1. The quantitative estimate of drug-likeness (QED) is 0.122. The van der Waals surface area contributed by atoms with Gasteiger partial charge in [-0.2, -0.15) is 0 Å². The van der Waals surface area contributed by atoms with E-state index in [2.05, 4.69) is 514 Å². The van der Waals surface area contributed by atoms with E-state index < -0.39 is 0 Å². The molecule has 0 atom stereocenters. The molecule has 6 heteroatoms. The summed E-state index contributed by atoms with van der Waals surface area (Å²) in [4.78, 5) is 0. The van der Waals surface area contributed by atoms with Crippen LogP contribution in [0.3, 0.4) is 0 Å². The van der Waals surface area contributed by atoms with Crippen LogP contribution in [-0.2, 0) is 0 Å². The Kier molecular flexibility index (Phi) is 18.1. The van der Waals surface area contributed by atoms with E-state index in [9.17, 15) is 0 Å². The number of aromatic nitrogens is 5. The highest BCUT2D eigenvalue weighted by Crippen LogP contribution is 2.49. The second kappa shape index (κ2) is 31.4.